The Kier molecular flexibility index (Phi) is 3.78. The first-order chi connectivity index (χ1) is 11.9. The van der Waals surface area contributed by atoms with Crippen molar-refractivity contribution in [3.8, 4) is 11.4 Å². The molecule has 1 fully saturated rings. The van der Waals surface area contributed by atoms with Gasteiger partial charge in [0.15, 0.2) is 0 Å². The number of benzene rings is 1. The molecule has 0 unspecified atom stereocenters. The summed E-state index contributed by atoms with van der Waals surface area (Å²) in [6.45, 7) is 5.59. The summed E-state index contributed by atoms with van der Waals surface area (Å²) in [5, 5.41) is 7.07. The number of rotatable bonds is 3. The number of aromatic nitrogens is 2. The molecule has 1 aromatic carbocycles. The first-order valence-electron chi connectivity index (χ1n) is 8.85. The van der Waals surface area contributed by atoms with Crippen molar-refractivity contribution in [3.63, 3.8) is 0 Å². The van der Waals surface area contributed by atoms with E-state index in [0.29, 0.717) is 11.7 Å². The summed E-state index contributed by atoms with van der Waals surface area (Å²) in [7, 11) is 0. The summed E-state index contributed by atoms with van der Waals surface area (Å²) in [6.07, 6.45) is 3.70. The molecule has 0 spiro atoms. The monoisotopic (exact) mass is 341 g/mol. The zero-order valence-electron chi connectivity index (χ0n) is 14.8. The molecule has 6 heteroatoms. The average molecular weight is 341 g/mol. The van der Waals surface area contributed by atoms with Gasteiger partial charge in [-0.2, -0.15) is 4.98 Å². The van der Waals surface area contributed by atoms with Crippen molar-refractivity contribution >= 4 is 6.09 Å². The van der Waals surface area contributed by atoms with Crippen LogP contribution in [0, 0.1) is 0 Å². The van der Waals surface area contributed by atoms with Crippen LogP contribution in [-0.4, -0.2) is 21.8 Å². The van der Waals surface area contributed by atoms with Gasteiger partial charge in [0, 0.05) is 11.5 Å². The topological polar surface area (TPSA) is 77.2 Å². The van der Waals surface area contributed by atoms with Gasteiger partial charge >= 0.3 is 6.09 Å². The fraction of sp³-hybridized carbons (Fsp3) is 0.526. The lowest BCUT2D eigenvalue weighted by molar-refractivity contribution is 0.0503. The van der Waals surface area contributed by atoms with Crippen LogP contribution in [0.25, 0.3) is 11.4 Å². The van der Waals surface area contributed by atoms with E-state index < -0.39 is 5.60 Å². The van der Waals surface area contributed by atoms with E-state index >= 15 is 0 Å². The molecule has 6 nitrogen and oxygen atoms in total. The van der Waals surface area contributed by atoms with Gasteiger partial charge in [-0.15, -0.1) is 0 Å². The Morgan fingerprint density at radius 3 is 2.80 bits per heavy atom. The largest absolute Gasteiger partial charge is 0.444 e. The maximum absolute atomic E-state index is 12.0. The average Bonchev–Trinajstić information content (AvgIpc) is 3.13. The minimum absolute atomic E-state index is 0.00815. The third kappa shape index (κ3) is 3.52. The molecule has 0 saturated heterocycles. The van der Waals surface area contributed by atoms with Crippen LogP contribution in [0.5, 0.6) is 0 Å². The Morgan fingerprint density at radius 1 is 1.28 bits per heavy atom. The highest BCUT2D eigenvalue weighted by atomic mass is 16.6. The van der Waals surface area contributed by atoms with Gasteiger partial charge in [0.2, 0.25) is 11.7 Å². The van der Waals surface area contributed by atoms with Crippen LogP contribution in [0.1, 0.15) is 69.0 Å². The quantitative estimate of drug-likeness (QED) is 0.908. The number of aryl methyl sites for hydroxylation is 1. The van der Waals surface area contributed by atoms with E-state index in [2.05, 4.69) is 21.5 Å². The number of carbonyl (C=O) groups excluding carboxylic acids is 1. The van der Waals surface area contributed by atoms with Gasteiger partial charge in [0.1, 0.15) is 5.60 Å². The van der Waals surface area contributed by atoms with Crippen molar-refractivity contribution in [2.24, 2.45) is 0 Å². The summed E-state index contributed by atoms with van der Waals surface area (Å²) < 4.78 is 10.7. The van der Waals surface area contributed by atoms with Gasteiger partial charge in [-0.05, 0) is 63.6 Å². The van der Waals surface area contributed by atoms with Crippen LogP contribution in [0.2, 0.25) is 0 Å². The smallest absolute Gasteiger partial charge is 0.408 e. The summed E-state index contributed by atoms with van der Waals surface area (Å²) in [5.41, 5.74) is 2.83. The molecule has 2 aromatic rings. The molecule has 25 heavy (non-hydrogen) atoms. The molecule has 2 aliphatic rings. The maximum Gasteiger partial charge on any atom is 0.408 e. The van der Waals surface area contributed by atoms with Crippen molar-refractivity contribution in [2.45, 2.75) is 64.0 Å². The molecule has 1 heterocycles. The number of nitrogens with one attached hydrogen (secondary N) is 1. The first kappa shape index (κ1) is 16.1. The van der Waals surface area contributed by atoms with E-state index in [1.165, 1.54) is 5.56 Å². The number of amides is 1. The molecule has 4 rings (SSSR count). The highest BCUT2D eigenvalue weighted by molar-refractivity contribution is 5.69. The van der Waals surface area contributed by atoms with Crippen LogP contribution >= 0.6 is 0 Å². The number of fused-ring (bicyclic) bond motifs is 1. The fourth-order valence-corrected chi connectivity index (χ4v) is 3.20. The van der Waals surface area contributed by atoms with Gasteiger partial charge in [0.25, 0.3) is 0 Å². The van der Waals surface area contributed by atoms with Gasteiger partial charge in [-0.3, -0.25) is 0 Å². The fourth-order valence-electron chi connectivity index (χ4n) is 3.20. The Bertz CT molecular complexity index is 802. The predicted molar refractivity (Wildman–Crippen MR) is 92.1 cm³/mol. The van der Waals surface area contributed by atoms with Gasteiger partial charge in [-0.25, -0.2) is 4.79 Å². The van der Waals surface area contributed by atoms with E-state index in [-0.39, 0.29) is 12.1 Å². The lowest BCUT2D eigenvalue weighted by Gasteiger charge is -2.22. The minimum Gasteiger partial charge on any atom is -0.444 e. The van der Waals surface area contributed by atoms with Crippen LogP contribution in [-0.2, 0) is 11.2 Å². The summed E-state index contributed by atoms with van der Waals surface area (Å²) in [5.74, 6) is 1.85. The second-order valence-electron chi connectivity index (χ2n) is 7.88. The van der Waals surface area contributed by atoms with Crippen LogP contribution in [0.4, 0.5) is 4.79 Å². The number of hydrogen-bond acceptors (Lipinski definition) is 5. The third-order valence-electron chi connectivity index (χ3n) is 4.54. The number of alkyl carbamates (subject to hydrolysis) is 1. The Labute approximate surface area is 147 Å². The molecule has 0 aliphatic heterocycles. The van der Waals surface area contributed by atoms with Crippen molar-refractivity contribution in [1.82, 2.24) is 15.5 Å². The zero-order valence-corrected chi connectivity index (χ0v) is 14.8. The van der Waals surface area contributed by atoms with Crippen LogP contribution in [0.15, 0.2) is 22.7 Å². The lowest BCUT2D eigenvalue weighted by Crippen LogP contribution is -2.34. The molecule has 2 aliphatic carbocycles. The molecular formula is C19H23N3O3. The van der Waals surface area contributed by atoms with Crippen molar-refractivity contribution in [1.29, 1.82) is 0 Å². The predicted octanol–water partition coefficient (Wildman–Crippen LogP) is 4.13. The van der Waals surface area contributed by atoms with Crippen molar-refractivity contribution in [3.05, 3.63) is 35.2 Å². The molecular weight excluding hydrogens is 318 g/mol. The van der Waals surface area contributed by atoms with Crippen LogP contribution < -0.4 is 5.32 Å². The Morgan fingerprint density at radius 2 is 2.08 bits per heavy atom. The van der Waals surface area contributed by atoms with Crippen LogP contribution in [0.3, 0.4) is 0 Å². The maximum atomic E-state index is 12.0. The molecule has 1 aromatic heterocycles. The van der Waals surface area contributed by atoms with E-state index in [0.717, 1.165) is 42.7 Å². The molecule has 0 radical (unpaired) electrons. The van der Waals surface area contributed by atoms with E-state index in [4.69, 9.17) is 9.26 Å². The highest BCUT2D eigenvalue weighted by Crippen LogP contribution is 2.40. The van der Waals surface area contributed by atoms with Gasteiger partial charge in [0.05, 0.1) is 6.04 Å². The molecule has 1 N–H and O–H groups in total. The second-order valence-corrected chi connectivity index (χ2v) is 7.88. The van der Waals surface area contributed by atoms with E-state index in [1.54, 1.807) is 0 Å². The Hall–Kier alpha value is -2.37. The minimum atomic E-state index is -0.493. The summed E-state index contributed by atoms with van der Waals surface area (Å²) in [6, 6.07) is 6.14. The normalized spacial score (nSPS) is 19.6. The third-order valence-corrected chi connectivity index (χ3v) is 4.54. The van der Waals surface area contributed by atoms with Crippen molar-refractivity contribution in [2.75, 3.05) is 0 Å². The molecule has 132 valence electrons. The van der Waals surface area contributed by atoms with Crippen molar-refractivity contribution < 1.29 is 14.1 Å². The first-order valence-corrected chi connectivity index (χ1v) is 8.85. The van der Waals surface area contributed by atoms with E-state index in [9.17, 15) is 4.79 Å². The number of nitrogens with zero attached hydrogens (tertiary/aromatic N) is 2. The number of hydrogen-bond donors (Lipinski definition) is 1. The number of ether oxygens (including phenoxy) is 1. The summed E-state index contributed by atoms with van der Waals surface area (Å²) in [4.78, 5) is 16.5. The molecule has 0 bridgehead atoms. The standard InChI is InChI=1S/C19H23N3O3/c1-19(2,3)24-18(23)20-15-9-7-12-10-13(6-8-14(12)15)16-21-17(25-22-16)11-4-5-11/h6,8,10-11,15H,4-5,7,9H2,1-3H3,(H,20,23)/t15-/m1/s1. The SMILES string of the molecule is CC(C)(C)OC(=O)N[C@@H]1CCc2cc(-c3noc(C4CC4)n3)ccc21. The molecule has 1 amide bonds. The zero-order chi connectivity index (χ0) is 17.6. The highest BCUT2D eigenvalue weighted by Gasteiger charge is 2.30. The second kappa shape index (κ2) is 5.86. The van der Waals surface area contributed by atoms with Gasteiger partial charge < -0.3 is 14.6 Å². The number of carbonyl (C=O) groups is 1. The van der Waals surface area contributed by atoms with E-state index in [1.807, 2.05) is 32.9 Å². The lowest BCUT2D eigenvalue weighted by atomic mass is 10.0. The molecule has 1 atom stereocenters. The Balaban J connectivity index is 1.49. The molecule has 1 saturated carbocycles. The summed E-state index contributed by atoms with van der Waals surface area (Å²) >= 11 is 0. The van der Waals surface area contributed by atoms with Gasteiger partial charge in [-0.1, -0.05) is 17.3 Å².